The van der Waals surface area contributed by atoms with Gasteiger partial charge in [0.05, 0.1) is 6.61 Å². The molecule has 0 aliphatic carbocycles. The summed E-state index contributed by atoms with van der Waals surface area (Å²) in [5, 5.41) is 2.70. The van der Waals surface area contributed by atoms with E-state index in [-0.39, 0.29) is 0 Å². The Kier molecular flexibility index (Phi) is 7.12. The van der Waals surface area contributed by atoms with Gasteiger partial charge in [0.25, 0.3) is 0 Å². The molecule has 0 spiro atoms. The highest BCUT2D eigenvalue weighted by atomic mass is 32.1. The number of hydrogen-bond donors (Lipinski definition) is 1. The quantitative estimate of drug-likeness (QED) is 0.636. The minimum atomic E-state index is -0.468. The monoisotopic (exact) mass is 326 g/mol. The van der Waals surface area contributed by atoms with Crippen molar-refractivity contribution in [2.45, 2.75) is 39.0 Å². The van der Waals surface area contributed by atoms with Crippen LogP contribution in [0.5, 0.6) is 0 Å². The van der Waals surface area contributed by atoms with Crippen molar-refractivity contribution in [2.24, 2.45) is 5.92 Å². The molecule has 0 unspecified atom stereocenters. The number of nitrogens with zero attached hydrogens (tertiary/aromatic N) is 1. The Bertz CT molecular complexity index is 414. The summed E-state index contributed by atoms with van der Waals surface area (Å²) in [7, 11) is 0. The number of hydrogen-bond acceptors (Lipinski definition) is 5. The second kappa shape index (κ2) is 9.10. The minimum Gasteiger partial charge on any atom is -0.450 e. The lowest BCUT2D eigenvalue weighted by atomic mass is 9.91. The third-order valence-corrected chi connectivity index (χ3v) is 4.46. The Labute approximate surface area is 138 Å². The molecule has 2 heterocycles. The van der Waals surface area contributed by atoms with Crippen molar-refractivity contribution in [3.63, 3.8) is 0 Å². The molecule has 5 nitrogen and oxygen atoms in total. The van der Waals surface area contributed by atoms with Crippen LogP contribution in [0.2, 0.25) is 0 Å². The van der Waals surface area contributed by atoms with E-state index in [0.717, 1.165) is 44.7 Å². The molecule has 0 radical (unpaired) electrons. The van der Waals surface area contributed by atoms with Crippen molar-refractivity contribution in [2.75, 3.05) is 32.9 Å². The highest BCUT2D eigenvalue weighted by Crippen LogP contribution is 2.25. The van der Waals surface area contributed by atoms with E-state index in [2.05, 4.69) is 16.4 Å². The highest BCUT2D eigenvalue weighted by molar-refractivity contribution is 7.80. The van der Waals surface area contributed by atoms with Crippen molar-refractivity contribution in [3.05, 3.63) is 11.8 Å². The Morgan fingerprint density at radius 2 is 2.00 bits per heavy atom. The van der Waals surface area contributed by atoms with Crippen LogP contribution < -0.4 is 5.32 Å². The molecule has 0 bridgehead atoms. The molecule has 0 aromatic heterocycles. The van der Waals surface area contributed by atoms with Gasteiger partial charge in [0, 0.05) is 38.1 Å². The number of ether oxygens (including phenoxy) is 2. The maximum atomic E-state index is 11.6. The van der Waals surface area contributed by atoms with Gasteiger partial charge in [-0.15, -0.1) is 0 Å². The van der Waals surface area contributed by atoms with Crippen LogP contribution in [0, 0.1) is 5.92 Å². The molecule has 0 aromatic rings. The predicted molar refractivity (Wildman–Crippen MR) is 89.8 cm³/mol. The molecule has 1 amide bonds. The molecule has 2 fully saturated rings. The van der Waals surface area contributed by atoms with E-state index in [9.17, 15) is 4.79 Å². The summed E-state index contributed by atoms with van der Waals surface area (Å²) in [6.45, 7) is 5.76. The maximum absolute atomic E-state index is 11.6. The number of rotatable bonds is 4. The number of nitrogens with one attached hydrogen (secondary N) is 1. The number of carbonyl (C=O) groups excluding carboxylic acids is 1. The Hall–Kier alpha value is -1.14. The summed E-state index contributed by atoms with van der Waals surface area (Å²) < 4.78 is 10.4. The molecule has 2 saturated heterocycles. The fourth-order valence-electron chi connectivity index (χ4n) is 2.93. The van der Waals surface area contributed by atoms with E-state index in [0.29, 0.717) is 17.5 Å². The summed E-state index contributed by atoms with van der Waals surface area (Å²) in [6.07, 6.45) is 7.32. The molecule has 22 heavy (non-hydrogen) atoms. The SMILES string of the molecule is CCOC(=O)NC(=S)C(=CN1CCCCC1)C1CCOCC1. The van der Waals surface area contributed by atoms with Gasteiger partial charge in [-0.3, -0.25) is 5.32 Å². The molecule has 2 aliphatic heterocycles. The zero-order valence-electron chi connectivity index (χ0n) is 13.3. The average molecular weight is 326 g/mol. The Balaban J connectivity index is 2.07. The minimum absolute atomic E-state index is 0.344. The molecule has 6 heteroatoms. The van der Waals surface area contributed by atoms with Crippen molar-refractivity contribution >= 4 is 23.3 Å². The van der Waals surface area contributed by atoms with E-state index >= 15 is 0 Å². The highest BCUT2D eigenvalue weighted by Gasteiger charge is 2.24. The molecule has 0 atom stereocenters. The second-order valence-electron chi connectivity index (χ2n) is 5.74. The largest absolute Gasteiger partial charge is 0.450 e. The van der Waals surface area contributed by atoms with Crippen molar-refractivity contribution in [1.29, 1.82) is 0 Å². The van der Waals surface area contributed by atoms with Crippen LogP contribution in [0.15, 0.2) is 11.8 Å². The number of piperidine rings is 1. The van der Waals surface area contributed by atoms with Crippen LogP contribution in [-0.2, 0) is 9.47 Å². The van der Waals surface area contributed by atoms with E-state index < -0.39 is 6.09 Å². The van der Waals surface area contributed by atoms with E-state index in [1.165, 1.54) is 19.3 Å². The number of alkyl carbamates (subject to hydrolysis) is 1. The van der Waals surface area contributed by atoms with Gasteiger partial charge in [-0.2, -0.15) is 0 Å². The first-order valence-corrected chi connectivity index (χ1v) is 8.63. The van der Waals surface area contributed by atoms with Crippen LogP contribution in [0.3, 0.4) is 0 Å². The maximum Gasteiger partial charge on any atom is 0.412 e. The van der Waals surface area contributed by atoms with Gasteiger partial charge in [-0.1, -0.05) is 12.2 Å². The van der Waals surface area contributed by atoms with Crippen LogP contribution in [-0.4, -0.2) is 48.9 Å². The lowest BCUT2D eigenvalue weighted by molar-refractivity contribution is 0.0766. The first-order chi connectivity index (χ1) is 10.7. The van der Waals surface area contributed by atoms with Gasteiger partial charge in [0.1, 0.15) is 4.99 Å². The zero-order chi connectivity index (χ0) is 15.8. The average Bonchev–Trinajstić information content (AvgIpc) is 2.54. The third kappa shape index (κ3) is 5.25. The first-order valence-electron chi connectivity index (χ1n) is 8.22. The topological polar surface area (TPSA) is 50.8 Å². The summed E-state index contributed by atoms with van der Waals surface area (Å²) in [6, 6.07) is 0. The normalized spacial score (nSPS) is 20.6. The summed E-state index contributed by atoms with van der Waals surface area (Å²) in [4.78, 5) is 14.5. The second-order valence-corrected chi connectivity index (χ2v) is 6.15. The number of carbonyl (C=O) groups is 1. The summed E-state index contributed by atoms with van der Waals surface area (Å²) >= 11 is 5.47. The van der Waals surface area contributed by atoms with Gasteiger partial charge in [-0.05, 0) is 44.9 Å². The Morgan fingerprint density at radius 3 is 2.64 bits per heavy atom. The van der Waals surface area contributed by atoms with Gasteiger partial charge in [-0.25, -0.2) is 4.79 Å². The van der Waals surface area contributed by atoms with E-state index in [1.807, 2.05) is 0 Å². The molecule has 2 aliphatic rings. The summed E-state index contributed by atoms with van der Waals surface area (Å²) in [5.41, 5.74) is 1.05. The van der Waals surface area contributed by atoms with Gasteiger partial charge in [0.2, 0.25) is 0 Å². The molecule has 2 rings (SSSR count). The third-order valence-electron chi connectivity index (χ3n) is 4.13. The zero-order valence-corrected chi connectivity index (χ0v) is 14.1. The van der Waals surface area contributed by atoms with Crippen molar-refractivity contribution in [3.8, 4) is 0 Å². The Morgan fingerprint density at radius 1 is 1.32 bits per heavy atom. The predicted octanol–water partition coefficient (Wildman–Crippen LogP) is 2.86. The number of thiocarbonyl (C=S) groups is 1. The van der Waals surface area contributed by atoms with Gasteiger partial charge < -0.3 is 14.4 Å². The molecular weight excluding hydrogens is 300 g/mol. The molecule has 1 N–H and O–H groups in total. The fraction of sp³-hybridized carbons (Fsp3) is 0.750. The van der Waals surface area contributed by atoms with Crippen LogP contribution >= 0.6 is 12.2 Å². The molecule has 124 valence electrons. The van der Waals surface area contributed by atoms with Crippen molar-refractivity contribution < 1.29 is 14.3 Å². The first kappa shape index (κ1) is 17.2. The smallest absolute Gasteiger partial charge is 0.412 e. The van der Waals surface area contributed by atoms with Crippen LogP contribution in [0.1, 0.15) is 39.0 Å². The fourth-order valence-corrected chi connectivity index (χ4v) is 3.24. The van der Waals surface area contributed by atoms with E-state index in [1.54, 1.807) is 6.92 Å². The lowest BCUT2D eigenvalue weighted by Crippen LogP contribution is -2.36. The van der Waals surface area contributed by atoms with Crippen LogP contribution in [0.4, 0.5) is 4.79 Å². The molecule has 0 aromatic carbocycles. The number of likely N-dealkylation sites (tertiary alicyclic amines) is 1. The lowest BCUT2D eigenvalue weighted by Gasteiger charge is -2.30. The van der Waals surface area contributed by atoms with Crippen molar-refractivity contribution in [1.82, 2.24) is 10.2 Å². The van der Waals surface area contributed by atoms with E-state index in [4.69, 9.17) is 21.7 Å². The molecule has 0 saturated carbocycles. The van der Waals surface area contributed by atoms with Crippen LogP contribution in [0.25, 0.3) is 0 Å². The summed E-state index contributed by atoms with van der Waals surface area (Å²) in [5.74, 6) is 0.352. The number of amides is 1. The standard InChI is InChI=1S/C16H26N2O3S/c1-2-21-16(19)17-15(22)14(13-6-10-20-11-7-13)12-18-8-4-3-5-9-18/h12-13H,2-11H2,1H3,(H,17,19,22). The molecular formula is C16H26N2O3S. The van der Waals surface area contributed by atoms with Gasteiger partial charge in [0.15, 0.2) is 0 Å². The van der Waals surface area contributed by atoms with Gasteiger partial charge >= 0.3 is 6.09 Å².